The Hall–Kier alpha value is -1.71. The number of ether oxygens (including phenoxy) is 1. The van der Waals surface area contributed by atoms with Crippen LogP contribution in [0.15, 0.2) is 75.8 Å². The number of benzene rings is 2. The Balaban J connectivity index is 1.87. The molecule has 0 radical (unpaired) electrons. The van der Waals surface area contributed by atoms with E-state index in [9.17, 15) is 0 Å². The minimum absolute atomic E-state index is 0.922. The van der Waals surface area contributed by atoms with Crippen LogP contribution in [0, 0.1) is 0 Å². The van der Waals surface area contributed by atoms with Crippen molar-refractivity contribution in [3.63, 3.8) is 0 Å². The van der Waals surface area contributed by atoms with Gasteiger partial charge in [0.05, 0.1) is 11.3 Å². The van der Waals surface area contributed by atoms with E-state index in [1.807, 2.05) is 24.3 Å². The summed E-state index contributed by atoms with van der Waals surface area (Å²) in [5, 5.41) is 0. The third-order valence-electron chi connectivity index (χ3n) is 2.92. The largest absolute Gasteiger partial charge is 0.496 e. The first kappa shape index (κ1) is 13.3. The van der Waals surface area contributed by atoms with Crippen molar-refractivity contribution < 1.29 is 4.74 Å². The Kier molecular flexibility index (Phi) is 4.09. The number of rotatable bonds is 4. The van der Waals surface area contributed by atoms with Crippen LogP contribution in [0.25, 0.3) is 10.4 Å². The van der Waals surface area contributed by atoms with Gasteiger partial charge in [0, 0.05) is 15.3 Å². The lowest BCUT2D eigenvalue weighted by Gasteiger charge is -2.05. The first-order valence-corrected chi connectivity index (χ1v) is 7.96. The normalized spacial score (nSPS) is 10.4. The van der Waals surface area contributed by atoms with Gasteiger partial charge in [-0.25, -0.2) is 0 Å². The highest BCUT2D eigenvalue weighted by molar-refractivity contribution is 8.01. The molecule has 1 aromatic heterocycles. The topological polar surface area (TPSA) is 9.23 Å². The van der Waals surface area contributed by atoms with Gasteiger partial charge in [-0.05, 0) is 36.4 Å². The van der Waals surface area contributed by atoms with Crippen molar-refractivity contribution in [2.24, 2.45) is 0 Å². The number of hydrogen-bond acceptors (Lipinski definition) is 3. The molecule has 0 bridgehead atoms. The Bertz CT molecular complexity index is 689. The minimum atomic E-state index is 0.922. The summed E-state index contributed by atoms with van der Waals surface area (Å²) in [6.07, 6.45) is 0. The van der Waals surface area contributed by atoms with E-state index in [1.54, 1.807) is 30.2 Å². The fraction of sp³-hybridized carbons (Fsp3) is 0.0588. The van der Waals surface area contributed by atoms with Gasteiger partial charge in [0.15, 0.2) is 0 Å². The highest BCUT2D eigenvalue weighted by Crippen LogP contribution is 2.40. The fourth-order valence-corrected chi connectivity index (χ4v) is 4.13. The van der Waals surface area contributed by atoms with Gasteiger partial charge < -0.3 is 4.74 Å². The first-order valence-electron chi connectivity index (χ1n) is 6.33. The predicted molar refractivity (Wildman–Crippen MR) is 86.9 cm³/mol. The van der Waals surface area contributed by atoms with Crippen LogP contribution in [0.2, 0.25) is 0 Å². The van der Waals surface area contributed by atoms with Crippen molar-refractivity contribution in [2.45, 2.75) is 9.10 Å². The average molecular weight is 298 g/mol. The fourth-order valence-electron chi connectivity index (χ4n) is 1.97. The maximum Gasteiger partial charge on any atom is 0.127 e. The molecular formula is C17H14OS2. The van der Waals surface area contributed by atoms with Crippen molar-refractivity contribution in [3.8, 4) is 16.2 Å². The van der Waals surface area contributed by atoms with Gasteiger partial charge >= 0.3 is 0 Å². The van der Waals surface area contributed by atoms with Crippen molar-refractivity contribution >= 4 is 23.1 Å². The molecular weight excluding hydrogens is 284 g/mol. The molecule has 0 aliphatic carbocycles. The van der Waals surface area contributed by atoms with E-state index in [-0.39, 0.29) is 0 Å². The van der Waals surface area contributed by atoms with Crippen LogP contribution in [0.4, 0.5) is 0 Å². The lowest BCUT2D eigenvalue weighted by molar-refractivity contribution is 0.416. The molecule has 100 valence electrons. The van der Waals surface area contributed by atoms with Crippen molar-refractivity contribution in [1.29, 1.82) is 0 Å². The summed E-state index contributed by atoms with van der Waals surface area (Å²) in [7, 11) is 1.71. The second-order valence-electron chi connectivity index (χ2n) is 4.23. The van der Waals surface area contributed by atoms with E-state index in [4.69, 9.17) is 4.74 Å². The van der Waals surface area contributed by atoms with Crippen LogP contribution in [0.5, 0.6) is 5.75 Å². The second-order valence-corrected chi connectivity index (χ2v) is 6.69. The lowest BCUT2D eigenvalue weighted by Crippen LogP contribution is -1.84. The molecule has 0 saturated heterocycles. The lowest BCUT2D eigenvalue weighted by atomic mass is 10.2. The first-order chi connectivity index (χ1) is 9.86. The molecule has 2 aromatic carbocycles. The monoisotopic (exact) mass is 298 g/mol. The Morgan fingerprint density at radius 2 is 1.60 bits per heavy atom. The molecule has 0 spiro atoms. The van der Waals surface area contributed by atoms with E-state index in [0.717, 1.165) is 11.3 Å². The zero-order valence-electron chi connectivity index (χ0n) is 11.1. The summed E-state index contributed by atoms with van der Waals surface area (Å²) in [6.45, 7) is 0. The van der Waals surface area contributed by atoms with Crippen molar-refractivity contribution in [2.75, 3.05) is 7.11 Å². The van der Waals surface area contributed by atoms with Gasteiger partial charge in [-0.15, -0.1) is 11.3 Å². The summed E-state index contributed by atoms with van der Waals surface area (Å²) in [5.41, 5.74) is 1.15. The van der Waals surface area contributed by atoms with Crippen molar-refractivity contribution in [3.05, 3.63) is 66.7 Å². The second kappa shape index (κ2) is 6.16. The Morgan fingerprint density at radius 3 is 2.40 bits per heavy atom. The minimum Gasteiger partial charge on any atom is -0.496 e. The van der Waals surface area contributed by atoms with Crippen LogP contribution < -0.4 is 4.74 Å². The molecule has 0 N–H and O–H groups in total. The zero-order valence-corrected chi connectivity index (χ0v) is 12.7. The number of methoxy groups -OCH3 is 1. The van der Waals surface area contributed by atoms with Crippen LogP contribution in [-0.2, 0) is 0 Å². The molecule has 0 unspecified atom stereocenters. The molecule has 0 atom stereocenters. The summed E-state index contributed by atoms with van der Waals surface area (Å²) >= 11 is 3.59. The van der Waals surface area contributed by atoms with Gasteiger partial charge in [0.25, 0.3) is 0 Å². The molecule has 0 fully saturated rings. The predicted octanol–water partition coefficient (Wildman–Crippen LogP) is 5.57. The zero-order chi connectivity index (χ0) is 13.8. The average Bonchev–Trinajstić information content (AvgIpc) is 2.96. The molecule has 20 heavy (non-hydrogen) atoms. The molecule has 0 amide bonds. The van der Waals surface area contributed by atoms with E-state index < -0.39 is 0 Å². The van der Waals surface area contributed by atoms with Crippen molar-refractivity contribution in [1.82, 2.24) is 0 Å². The standard InChI is InChI=1S/C17H14OS2/c1-18-15-10-6-5-9-14(15)16-11-12-17(20-16)19-13-7-3-2-4-8-13/h2-12H,1H3. The third kappa shape index (κ3) is 2.89. The number of hydrogen-bond donors (Lipinski definition) is 0. The van der Waals surface area contributed by atoms with E-state index in [1.165, 1.54) is 14.0 Å². The molecule has 3 rings (SSSR count). The van der Waals surface area contributed by atoms with Gasteiger partial charge in [-0.2, -0.15) is 0 Å². The maximum atomic E-state index is 5.43. The van der Waals surface area contributed by atoms with Crippen LogP contribution in [0.1, 0.15) is 0 Å². The number of para-hydroxylation sites is 1. The quantitative estimate of drug-likeness (QED) is 0.622. The SMILES string of the molecule is COc1ccccc1-c1ccc(Sc2ccccc2)s1. The Morgan fingerprint density at radius 1 is 0.850 bits per heavy atom. The summed E-state index contributed by atoms with van der Waals surface area (Å²) in [6, 6.07) is 22.9. The van der Waals surface area contributed by atoms with Gasteiger partial charge in [0.1, 0.15) is 5.75 Å². The maximum absolute atomic E-state index is 5.43. The summed E-state index contributed by atoms with van der Waals surface area (Å²) in [5.74, 6) is 0.922. The molecule has 3 heteroatoms. The molecule has 0 aliphatic rings. The van der Waals surface area contributed by atoms with E-state index >= 15 is 0 Å². The van der Waals surface area contributed by atoms with Gasteiger partial charge in [0.2, 0.25) is 0 Å². The molecule has 0 aliphatic heterocycles. The van der Waals surface area contributed by atoms with Gasteiger partial charge in [-0.1, -0.05) is 42.1 Å². The van der Waals surface area contributed by atoms with E-state index in [2.05, 4.69) is 42.5 Å². The van der Waals surface area contributed by atoms with E-state index in [0.29, 0.717) is 0 Å². The smallest absolute Gasteiger partial charge is 0.127 e. The molecule has 3 aromatic rings. The summed E-state index contributed by atoms with van der Waals surface area (Å²) in [4.78, 5) is 2.50. The highest BCUT2D eigenvalue weighted by atomic mass is 32.2. The van der Waals surface area contributed by atoms with Gasteiger partial charge in [-0.3, -0.25) is 0 Å². The molecule has 1 nitrogen and oxygen atoms in total. The number of thiophene rings is 1. The molecule has 1 heterocycles. The Labute approximate surface area is 127 Å². The van der Waals surface area contributed by atoms with Crippen LogP contribution in [0.3, 0.4) is 0 Å². The highest BCUT2D eigenvalue weighted by Gasteiger charge is 2.08. The van der Waals surface area contributed by atoms with Crippen LogP contribution >= 0.6 is 23.1 Å². The van der Waals surface area contributed by atoms with Crippen LogP contribution in [-0.4, -0.2) is 7.11 Å². The summed E-state index contributed by atoms with van der Waals surface area (Å²) < 4.78 is 6.72. The molecule has 0 saturated carbocycles. The third-order valence-corrected chi connectivity index (χ3v) is 5.17.